The van der Waals surface area contributed by atoms with Crippen LogP contribution in [0.3, 0.4) is 0 Å². The summed E-state index contributed by atoms with van der Waals surface area (Å²) in [4.78, 5) is 0. The molecule has 0 saturated heterocycles. The number of hydrogen-bond donors (Lipinski definition) is 0. The van der Waals surface area contributed by atoms with Crippen LogP contribution in [0.2, 0.25) is 0 Å². The SMILES string of the molecule is CCC[N+](CCC)(CCC)CCC(F)(F)C(F)(F)C(F)(F)C(F)(F)F.[I-]. The van der Waals surface area contributed by atoms with Crippen LogP contribution in [0.5, 0.6) is 0 Å². The molecule has 0 fully saturated rings. The predicted molar refractivity (Wildman–Crippen MR) is 76.1 cm³/mol. The molecule has 0 aromatic heterocycles. The molecule has 0 radical (unpaired) electrons. The highest BCUT2D eigenvalue weighted by Crippen LogP contribution is 2.54. The maximum absolute atomic E-state index is 13.7. The van der Waals surface area contributed by atoms with Crippen molar-refractivity contribution in [3.8, 4) is 0 Å². The topological polar surface area (TPSA) is 0 Å². The molecule has 26 heavy (non-hydrogen) atoms. The van der Waals surface area contributed by atoms with Gasteiger partial charge in [-0.15, -0.1) is 0 Å². The number of halogens is 10. The first-order chi connectivity index (χ1) is 11.1. The van der Waals surface area contributed by atoms with Crippen LogP contribution in [0.1, 0.15) is 46.5 Å². The van der Waals surface area contributed by atoms with Crippen LogP contribution in [0, 0.1) is 0 Å². The van der Waals surface area contributed by atoms with Crippen molar-refractivity contribution in [2.24, 2.45) is 0 Å². The quantitative estimate of drug-likeness (QED) is 0.225. The molecule has 0 aliphatic rings. The van der Waals surface area contributed by atoms with E-state index in [0.717, 1.165) is 0 Å². The second-order valence-corrected chi connectivity index (χ2v) is 6.34. The highest BCUT2D eigenvalue weighted by Gasteiger charge is 2.81. The molecule has 0 heterocycles. The third kappa shape index (κ3) is 6.03. The van der Waals surface area contributed by atoms with Crippen LogP contribution in [-0.4, -0.2) is 54.6 Å². The van der Waals surface area contributed by atoms with Crippen LogP contribution in [0.15, 0.2) is 0 Å². The van der Waals surface area contributed by atoms with Crippen molar-refractivity contribution >= 4 is 0 Å². The van der Waals surface area contributed by atoms with Crippen molar-refractivity contribution in [2.75, 3.05) is 26.2 Å². The Balaban J connectivity index is 0. The van der Waals surface area contributed by atoms with E-state index in [9.17, 15) is 39.5 Å². The van der Waals surface area contributed by atoms with Gasteiger partial charge in [-0.05, 0) is 19.3 Å². The van der Waals surface area contributed by atoms with Crippen LogP contribution in [0.25, 0.3) is 0 Å². The maximum atomic E-state index is 13.7. The van der Waals surface area contributed by atoms with E-state index in [0.29, 0.717) is 38.9 Å². The Morgan fingerprint density at radius 3 is 1.19 bits per heavy atom. The van der Waals surface area contributed by atoms with Crippen molar-refractivity contribution in [3.05, 3.63) is 0 Å². The lowest BCUT2D eigenvalue weighted by molar-refractivity contribution is -0.929. The van der Waals surface area contributed by atoms with Crippen molar-refractivity contribution in [3.63, 3.8) is 0 Å². The Bertz CT molecular complexity index is 393. The predicted octanol–water partition coefficient (Wildman–Crippen LogP) is 2.90. The molecular weight excluding hydrogens is 492 g/mol. The van der Waals surface area contributed by atoms with Gasteiger partial charge in [-0.3, -0.25) is 0 Å². The van der Waals surface area contributed by atoms with E-state index in [1.165, 1.54) is 0 Å². The van der Waals surface area contributed by atoms with Crippen molar-refractivity contribution in [2.45, 2.75) is 70.4 Å². The second-order valence-electron chi connectivity index (χ2n) is 6.34. The lowest BCUT2D eigenvalue weighted by Gasteiger charge is -2.41. The van der Waals surface area contributed by atoms with E-state index < -0.39 is 36.9 Å². The molecule has 0 bridgehead atoms. The first-order valence-electron chi connectivity index (χ1n) is 8.19. The number of alkyl halides is 9. The smallest absolute Gasteiger partial charge is 0.460 e. The molecule has 0 spiro atoms. The molecule has 0 amide bonds. The molecule has 160 valence electrons. The summed E-state index contributed by atoms with van der Waals surface area (Å²) in [7, 11) is 0. The number of quaternary nitrogens is 1. The molecule has 0 N–H and O–H groups in total. The van der Waals surface area contributed by atoms with Crippen LogP contribution >= 0.6 is 0 Å². The van der Waals surface area contributed by atoms with Crippen molar-refractivity contribution < 1.29 is 68.0 Å². The molecule has 0 aliphatic heterocycles. The Kier molecular flexibility index (Phi) is 10.9. The zero-order chi connectivity index (χ0) is 20.2. The van der Waals surface area contributed by atoms with E-state index in [1.807, 2.05) is 0 Å². The zero-order valence-corrected chi connectivity index (χ0v) is 17.0. The van der Waals surface area contributed by atoms with Gasteiger partial charge in [-0.25, -0.2) is 0 Å². The number of rotatable bonds is 11. The largest absolute Gasteiger partial charge is 1.00 e. The third-order valence-corrected chi connectivity index (χ3v) is 4.20. The lowest BCUT2D eigenvalue weighted by atomic mass is 10.00. The van der Waals surface area contributed by atoms with Gasteiger partial charge in [-0.2, -0.15) is 39.5 Å². The Morgan fingerprint density at radius 1 is 0.577 bits per heavy atom. The van der Waals surface area contributed by atoms with E-state index >= 15 is 0 Å². The van der Waals surface area contributed by atoms with Crippen LogP contribution in [-0.2, 0) is 0 Å². The van der Waals surface area contributed by atoms with Gasteiger partial charge >= 0.3 is 23.9 Å². The molecule has 0 unspecified atom stereocenters. The Morgan fingerprint density at radius 2 is 0.923 bits per heavy atom. The highest BCUT2D eigenvalue weighted by atomic mass is 127. The second kappa shape index (κ2) is 10.0. The molecular formula is C15H25F9IN. The fourth-order valence-corrected chi connectivity index (χ4v) is 3.04. The summed E-state index contributed by atoms with van der Waals surface area (Å²) in [5, 5.41) is 0. The maximum Gasteiger partial charge on any atom is 0.460 e. The summed E-state index contributed by atoms with van der Waals surface area (Å²) >= 11 is 0. The van der Waals surface area contributed by atoms with Gasteiger partial charge in [0, 0.05) is 0 Å². The van der Waals surface area contributed by atoms with Gasteiger partial charge in [0.15, 0.2) is 0 Å². The molecule has 0 aromatic carbocycles. The summed E-state index contributed by atoms with van der Waals surface area (Å²) in [5.74, 6) is -18.8. The summed E-state index contributed by atoms with van der Waals surface area (Å²) in [5.41, 5.74) is 0. The summed E-state index contributed by atoms with van der Waals surface area (Å²) < 4.78 is 116. The summed E-state index contributed by atoms with van der Waals surface area (Å²) in [6, 6.07) is 0. The Labute approximate surface area is 164 Å². The van der Waals surface area contributed by atoms with Crippen molar-refractivity contribution in [1.82, 2.24) is 0 Å². The van der Waals surface area contributed by atoms with Gasteiger partial charge in [0.05, 0.1) is 32.6 Å². The van der Waals surface area contributed by atoms with Crippen LogP contribution < -0.4 is 24.0 Å². The highest BCUT2D eigenvalue weighted by molar-refractivity contribution is 5.00. The number of nitrogens with zero attached hydrogens (tertiary/aromatic N) is 1. The fraction of sp³-hybridized carbons (Fsp3) is 1.00. The van der Waals surface area contributed by atoms with Crippen molar-refractivity contribution in [1.29, 1.82) is 0 Å². The zero-order valence-electron chi connectivity index (χ0n) is 14.9. The minimum atomic E-state index is -6.81. The summed E-state index contributed by atoms with van der Waals surface area (Å²) in [6.07, 6.45) is -6.88. The molecule has 0 aromatic rings. The van der Waals surface area contributed by atoms with Gasteiger partial charge in [-0.1, -0.05) is 20.8 Å². The molecule has 0 saturated carbocycles. The van der Waals surface area contributed by atoms with Gasteiger partial charge in [0.25, 0.3) is 0 Å². The first kappa shape index (κ1) is 28.3. The van der Waals surface area contributed by atoms with E-state index in [1.54, 1.807) is 20.8 Å². The minimum Gasteiger partial charge on any atom is -1.00 e. The molecule has 1 nitrogen and oxygen atoms in total. The van der Waals surface area contributed by atoms with Crippen LogP contribution in [0.4, 0.5) is 39.5 Å². The Hall–Kier alpha value is 0.0600. The molecule has 0 aliphatic carbocycles. The number of hydrogen-bond acceptors (Lipinski definition) is 0. The average molecular weight is 517 g/mol. The first-order valence-corrected chi connectivity index (χ1v) is 8.19. The van der Waals surface area contributed by atoms with Gasteiger partial charge in [0.2, 0.25) is 0 Å². The van der Waals surface area contributed by atoms with E-state index in [-0.39, 0.29) is 28.5 Å². The lowest BCUT2D eigenvalue weighted by Crippen LogP contribution is -3.00. The third-order valence-electron chi connectivity index (χ3n) is 4.20. The van der Waals surface area contributed by atoms with Gasteiger partial charge < -0.3 is 28.5 Å². The monoisotopic (exact) mass is 517 g/mol. The summed E-state index contributed by atoms with van der Waals surface area (Å²) in [6.45, 7) is 5.75. The standard InChI is InChI=1S/C15H25F9N.HI/c1-4-8-25(9-5-2,10-6-3)11-7-12(16,17)13(18,19)14(20,21)15(22,23)24;/h4-11H2,1-3H3;1H/q+1;/p-1. The molecule has 11 heteroatoms. The van der Waals surface area contributed by atoms with Gasteiger partial charge in [0.1, 0.15) is 0 Å². The van der Waals surface area contributed by atoms with E-state index in [2.05, 4.69) is 0 Å². The average Bonchev–Trinajstić information content (AvgIpc) is 2.44. The fourth-order valence-electron chi connectivity index (χ4n) is 3.04. The minimum absolute atomic E-state index is 0. The van der Waals surface area contributed by atoms with E-state index in [4.69, 9.17) is 0 Å². The molecule has 0 rings (SSSR count). The normalized spacial score (nSPS) is 14.3. The molecule has 0 atom stereocenters.